The van der Waals surface area contributed by atoms with Crippen LogP contribution in [0.15, 0.2) is 28.8 Å². The van der Waals surface area contributed by atoms with Crippen LogP contribution in [-0.2, 0) is 0 Å². The molecule has 0 spiro atoms. The molecule has 170 valence electrons. The van der Waals surface area contributed by atoms with Gasteiger partial charge in [-0.3, -0.25) is 0 Å². The summed E-state index contributed by atoms with van der Waals surface area (Å²) in [6.45, 7) is 4.24. The molecule has 3 N–H and O–H groups in total. The van der Waals surface area contributed by atoms with Gasteiger partial charge in [-0.1, -0.05) is 17.3 Å². The van der Waals surface area contributed by atoms with E-state index in [1.165, 1.54) is 0 Å². The highest BCUT2D eigenvalue weighted by Gasteiger charge is 2.23. The Bertz CT molecular complexity index is 1070. The molecule has 4 rings (SSSR count). The van der Waals surface area contributed by atoms with E-state index in [4.69, 9.17) is 14.5 Å². The predicted octanol–water partition coefficient (Wildman–Crippen LogP) is 4.09. The number of aryl methyl sites for hydroxylation is 2. The molecule has 3 aromatic rings. The van der Waals surface area contributed by atoms with Gasteiger partial charge in [0.1, 0.15) is 17.2 Å². The monoisotopic (exact) mass is 437 g/mol. The number of carbonyl (C=O) groups is 1. The zero-order valence-corrected chi connectivity index (χ0v) is 19.1. The minimum atomic E-state index is -0.222. The summed E-state index contributed by atoms with van der Waals surface area (Å²) < 4.78 is 5.08. The smallest absolute Gasteiger partial charge is 0.319 e. The summed E-state index contributed by atoms with van der Waals surface area (Å²) in [5.74, 6) is 2.66. The van der Waals surface area contributed by atoms with Crippen LogP contribution in [-0.4, -0.2) is 47.8 Å². The summed E-state index contributed by atoms with van der Waals surface area (Å²) in [6.07, 6.45) is 4.12. The van der Waals surface area contributed by atoms with Crippen molar-refractivity contribution in [3.05, 3.63) is 35.7 Å². The first-order chi connectivity index (χ1) is 15.4. The first kappa shape index (κ1) is 21.9. The average Bonchev–Trinajstić information content (AvgIpc) is 3.10. The van der Waals surface area contributed by atoms with E-state index < -0.39 is 0 Å². The van der Waals surface area contributed by atoms with Gasteiger partial charge in [0.25, 0.3) is 0 Å². The van der Waals surface area contributed by atoms with Crippen molar-refractivity contribution in [1.82, 2.24) is 20.4 Å². The van der Waals surface area contributed by atoms with Gasteiger partial charge in [0.2, 0.25) is 5.95 Å². The number of hydrogen-bond donors (Lipinski definition) is 3. The Labute approximate surface area is 188 Å². The number of urea groups is 1. The van der Waals surface area contributed by atoms with Gasteiger partial charge in [0.05, 0.1) is 5.52 Å². The van der Waals surface area contributed by atoms with Crippen molar-refractivity contribution in [3.8, 4) is 0 Å². The molecule has 1 aromatic carbocycles. The van der Waals surface area contributed by atoms with Crippen LogP contribution in [0.25, 0.3) is 10.9 Å². The van der Waals surface area contributed by atoms with Crippen molar-refractivity contribution in [1.29, 1.82) is 0 Å². The summed E-state index contributed by atoms with van der Waals surface area (Å²) in [6, 6.07) is 8.19. The Morgan fingerprint density at radius 1 is 1.12 bits per heavy atom. The van der Waals surface area contributed by atoms with Gasteiger partial charge >= 0.3 is 6.03 Å². The average molecular weight is 438 g/mol. The lowest BCUT2D eigenvalue weighted by atomic mass is 9.86. The third-order valence-corrected chi connectivity index (χ3v) is 6.01. The van der Waals surface area contributed by atoms with E-state index in [0.29, 0.717) is 41.6 Å². The largest absolute Gasteiger partial charge is 0.362 e. The highest BCUT2D eigenvalue weighted by Crippen LogP contribution is 2.28. The summed E-state index contributed by atoms with van der Waals surface area (Å²) in [4.78, 5) is 23.7. The molecule has 32 heavy (non-hydrogen) atoms. The van der Waals surface area contributed by atoms with Crippen LogP contribution in [0.3, 0.4) is 0 Å². The zero-order valence-electron chi connectivity index (χ0n) is 19.1. The molecule has 1 aliphatic carbocycles. The SMILES string of the molecule is Cc1noc(C)c1NC(=O)NC[C@H]1CC[C@@H](Nc2nc(N(C)C)c3ccccc3n2)CC1. The van der Waals surface area contributed by atoms with Crippen LogP contribution in [0.5, 0.6) is 0 Å². The maximum absolute atomic E-state index is 12.2. The first-order valence-electron chi connectivity index (χ1n) is 11.1. The van der Waals surface area contributed by atoms with Crippen molar-refractivity contribution in [2.75, 3.05) is 36.2 Å². The number of benzene rings is 1. The van der Waals surface area contributed by atoms with E-state index in [2.05, 4.69) is 27.2 Å². The normalized spacial score (nSPS) is 18.4. The maximum atomic E-state index is 12.2. The molecule has 0 radical (unpaired) electrons. The van der Waals surface area contributed by atoms with Gasteiger partial charge in [-0.25, -0.2) is 9.78 Å². The molecule has 1 fully saturated rings. The second-order valence-electron chi connectivity index (χ2n) is 8.68. The Kier molecular flexibility index (Phi) is 6.43. The second kappa shape index (κ2) is 9.42. The zero-order chi connectivity index (χ0) is 22.7. The Hall–Kier alpha value is -3.36. The standard InChI is InChI=1S/C23H31N7O2/c1-14-20(15(2)32-29-14)27-23(31)24-13-16-9-11-17(12-10-16)25-22-26-19-8-6-5-7-18(19)21(28-22)30(3)4/h5-8,16-17H,9-13H2,1-4H3,(H2,24,27,31)(H,25,26,28)/t16-,17+. The molecule has 0 unspecified atom stereocenters. The fourth-order valence-electron chi connectivity index (χ4n) is 4.21. The van der Waals surface area contributed by atoms with Crippen LogP contribution in [0.2, 0.25) is 0 Å². The summed E-state index contributed by atoms with van der Waals surface area (Å²) in [5, 5.41) is 14.2. The third-order valence-electron chi connectivity index (χ3n) is 6.01. The molecule has 2 heterocycles. The fraction of sp³-hybridized carbons (Fsp3) is 0.478. The van der Waals surface area contributed by atoms with Gasteiger partial charge < -0.3 is 25.4 Å². The molecule has 9 nitrogen and oxygen atoms in total. The van der Waals surface area contributed by atoms with Crippen molar-refractivity contribution in [2.45, 2.75) is 45.6 Å². The topological polar surface area (TPSA) is 108 Å². The van der Waals surface area contributed by atoms with Gasteiger partial charge in [0.15, 0.2) is 5.76 Å². The number of carbonyl (C=O) groups excluding carboxylic acids is 1. The summed E-state index contributed by atoms with van der Waals surface area (Å²) in [5.41, 5.74) is 2.26. The lowest BCUT2D eigenvalue weighted by Gasteiger charge is -2.29. The molecular weight excluding hydrogens is 406 g/mol. The number of rotatable bonds is 6. The molecule has 0 aliphatic heterocycles. The third kappa shape index (κ3) is 4.92. The van der Waals surface area contributed by atoms with Gasteiger partial charge in [-0.2, -0.15) is 4.98 Å². The number of hydrogen-bond acceptors (Lipinski definition) is 7. The van der Waals surface area contributed by atoms with Crippen molar-refractivity contribution < 1.29 is 9.32 Å². The molecule has 9 heteroatoms. The first-order valence-corrected chi connectivity index (χ1v) is 11.1. The van der Waals surface area contributed by atoms with Gasteiger partial charge in [-0.05, 0) is 57.6 Å². The summed E-state index contributed by atoms with van der Waals surface area (Å²) >= 11 is 0. The maximum Gasteiger partial charge on any atom is 0.319 e. The van der Waals surface area contributed by atoms with Crippen LogP contribution in [0.1, 0.15) is 37.1 Å². The van der Waals surface area contributed by atoms with Crippen molar-refractivity contribution in [2.24, 2.45) is 5.92 Å². The number of nitrogens with zero attached hydrogens (tertiary/aromatic N) is 4. The number of para-hydroxylation sites is 1. The second-order valence-corrected chi connectivity index (χ2v) is 8.68. The predicted molar refractivity (Wildman–Crippen MR) is 126 cm³/mol. The fourth-order valence-corrected chi connectivity index (χ4v) is 4.21. The van der Waals surface area contributed by atoms with Crippen molar-refractivity contribution in [3.63, 3.8) is 0 Å². The molecular formula is C23H31N7O2. The number of fused-ring (bicyclic) bond motifs is 1. The Morgan fingerprint density at radius 3 is 2.56 bits per heavy atom. The molecule has 2 amide bonds. The number of anilines is 3. The number of nitrogens with one attached hydrogen (secondary N) is 3. The quantitative estimate of drug-likeness (QED) is 0.533. The van der Waals surface area contributed by atoms with E-state index in [1.54, 1.807) is 13.8 Å². The Balaban J connectivity index is 1.28. The number of aromatic nitrogens is 3. The Morgan fingerprint density at radius 2 is 1.88 bits per heavy atom. The molecule has 2 aromatic heterocycles. The van der Waals surface area contributed by atoms with Crippen molar-refractivity contribution >= 4 is 34.4 Å². The van der Waals surface area contributed by atoms with E-state index in [1.807, 2.05) is 37.2 Å². The molecule has 0 atom stereocenters. The van der Waals surface area contributed by atoms with Crippen LogP contribution < -0.4 is 20.9 Å². The van der Waals surface area contributed by atoms with E-state index in [-0.39, 0.29) is 6.03 Å². The van der Waals surface area contributed by atoms with Crippen LogP contribution in [0.4, 0.5) is 22.2 Å². The molecule has 0 bridgehead atoms. The highest BCUT2D eigenvalue weighted by molar-refractivity contribution is 5.91. The van der Waals surface area contributed by atoms with Gasteiger partial charge in [0, 0.05) is 32.1 Å². The lowest BCUT2D eigenvalue weighted by molar-refractivity contribution is 0.246. The van der Waals surface area contributed by atoms with Crippen LogP contribution >= 0.6 is 0 Å². The summed E-state index contributed by atoms with van der Waals surface area (Å²) in [7, 11) is 4.00. The van der Waals surface area contributed by atoms with Gasteiger partial charge in [-0.15, -0.1) is 0 Å². The minimum absolute atomic E-state index is 0.222. The molecule has 0 saturated heterocycles. The van der Waals surface area contributed by atoms with E-state index in [9.17, 15) is 4.79 Å². The lowest BCUT2D eigenvalue weighted by Crippen LogP contribution is -2.36. The van der Waals surface area contributed by atoms with Crippen LogP contribution in [0, 0.1) is 19.8 Å². The molecule has 1 saturated carbocycles. The highest BCUT2D eigenvalue weighted by atomic mass is 16.5. The minimum Gasteiger partial charge on any atom is -0.362 e. The number of amides is 2. The van der Waals surface area contributed by atoms with E-state index >= 15 is 0 Å². The molecule has 1 aliphatic rings. The van der Waals surface area contributed by atoms with E-state index in [0.717, 1.165) is 42.4 Å².